The quantitative estimate of drug-likeness (QED) is 0.279. The SMILES string of the molecule is CC(=O)O/N=C(\O[Si](C)(C)C(C)(C)C)c1ccccc1. The molecule has 20 heavy (non-hydrogen) atoms. The summed E-state index contributed by atoms with van der Waals surface area (Å²) in [5, 5.41) is 3.91. The van der Waals surface area contributed by atoms with Gasteiger partial charge in [-0.2, -0.15) is 0 Å². The Balaban J connectivity index is 3.08. The van der Waals surface area contributed by atoms with Crippen LogP contribution in [0.4, 0.5) is 0 Å². The van der Waals surface area contributed by atoms with Gasteiger partial charge in [-0.05, 0) is 35.4 Å². The topological polar surface area (TPSA) is 47.9 Å². The summed E-state index contributed by atoms with van der Waals surface area (Å²) in [5.74, 6) is -0.0929. The van der Waals surface area contributed by atoms with Gasteiger partial charge in [-0.25, -0.2) is 4.79 Å². The van der Waals surface area contributed by atoms with Crippen LogP contribution in [-0.2, 0) is 14.1 Å². The number of hydrogen-bond donors (Lipinski definition) is 0. The highest BCUT2D eigenvalue weighted by atomic mass is 28.4. The van der Waals surface area contributed by atoms with Gasteiger partial charge in [-0.3, -0.25) is 0 Å². The highest BCUT2D eigenvalue weighted by Crippen LogP contribution is 2.37. The van der Waals surface area contributed by atoms with Gasteiger partial charge in [0.25, 0.3) is 8.32 Å². The smallest absolute Gasteiger partial charge is 0.332 e. The maximum absolute atomic E-state index is 11.0. The van der Waals surface area contributed by atoms with Crippen molar-refractivity contribution in [3.05, 3.63) is 35.9 Å². The first-order chi connectivity index (χ1) is 9.13. The van der Waals surface area contributed by atoms with Gasteiger partial charge in [-0.1, -0.05) is 39.0 Å². The third kappa shape index (κ3) is 4.49. The Bertz CT molecular complexity index is 490. The third-order valence-corrected chi connectivity index (χ3v) is 7.75. The van der Waals surface area contributed by atoms with E-state index in [1.165, 1.54) is 6.92 Å². The molecule has 4 nitrogen and oxygen atoms in total. The van der Waals surface area contributed by atoms with Gasteiger partial charge in [0.05, 0.1) is 0 Å². The Labute approximate surface area is 121 Å². The van der Waals surface area contributed by atoms with E-state index in [0.717, 1.165) is 5.56 Å². The van der Waals surface area contributed by atoms with Crippen molar-refractivity contribution >= 4 is 20.2 Å². The molecule has 0 aliphatic rings. The van der Waals surface area contributed by atoms with Crippen molar-refractivity contribution in [3.63, 3.8) is 0 Å². The zero-order chi connectivity index (χ0) is 15.4. The molecule has 0 saturated carbocycles. The monoisotopic (exact) mass is 293 g/mol. The number of nitrogens with zero attached hydrogens (tertiary/aromatic N) is 1. The maximum atomic E-state index is 11.0. The summed E-state index contributed by atoms with van der Waals surface area (Å²) in [6, 6.07) is 9.48. The average Bonchev–Trinajstić information content (AvgIpc) is 2.34. The van der Waals surface area contributed by atoms with Crippen LogP contribution in [0.3, 0.4) is 0 Å². The summed E-state index contributed by atoms with van der Waals surface area (Å²) in [6.45, 7) is 12.0. The second kappa shape index (κ2) is 6.22. The molecule has 0 unspecified atom stereocenters. The first-order valence-corrected chi connectivity index (χ1v) is 9.54. The number of carbonyl (C=O) groups excluding carboxylic acids is 1. The first kappa shape index (κ1) is 16.4. The molecular formula is C15H23NO3Si. The van der Waals surface area contributed by atoms with Crippen molar-refractivity contribution < 1.29 is 14.1 Å². The van der Waals surface area contributed by atoms with Gasteiger partial charge in [0.2, 0.25) is 5.90 Å². The lowest BCUT2D eigenvalue weighted by Gasteiger charge is -2.36. The molecule has 0 heterocycles. The molecule has 1 rings (SSSR count). The minimum atomic E-state index is -2.04. The number of rotatable bonds is 3. The molecule has 1 aromatic carbocycles. The molecule has 110 valence electrons. The minimum Gasteiger partial charge on any atom is -0.528 e. The molecule has 1 aromatic rings. The number of benzene rings is 1. The molecule has 0 aliphatic carbocycles. The second-order valence-corrected chi connectivity index (χ2v) is 10.9. The van der Waals surface area contributed by atoms with Crippen molar-refractivity contribution in [2.24, 2.45) is 5.16 Å². The molecule has 0 N–H and O–H groups in total. The van der Waals surface area contributed by atoms with E-state index < -0.39 is 14.3 Å². The van der Waals surface area contributed by atoms with Crippen LogP contribution in [0.25, 0.3) is 0 Å². The Morgan fingerprint density at radius 1 is 1.15 bits per heavy atom. The van der Waals surface area contributed by atoms with Crippen molar-refractivity contribution in [2.45, 2.75) is 45.8 Å². The van der Waals surface area contributed by atoms with Crippen molar-refractivity contribution in [3.8, 4) is 0 Å². The average molecular weight is 293 g/mol. The van der Waals surface area contributed by atoms with Crippen LogP contribution < -0.4 is 0 Å². The third-order valence-electron chi connectivity index (χ3n) is 3.44. The Kier molecular flexibility index (Phi) is 5.11. The van der Waals surface area contributed by atoms with Crippen LogP contribution in [0.1, 0.15) is 33.3 Å². The molecule has 0 aliphatic heterocycles. The Morgan fingerprint density at radius 2 is 1.70 bits per heavy atom. The van der Waals surface area contributed by atoms with Crippen molar-refractivity contribution in [1.82, 2.24) is 0 Å². The van der Waals surface area contributed by atoms with Crippen molar-refractivity contribution in [2.75, 3.05) is 0 Å². The van der Waals surface area contributed by atoms with Gasteiger partial charge in [-0.15, -0.1) is 0 Å². The first-order valence-electron chi connectivity index (χ1n) is 6.63. The van der Waals surface area contributed by atoms with Crippen LogP contribution in [0.15, 0.2) is 35.5 Å². The van der Waals surface area contributed by atoms with E-state index in [9.17, 15) is 4.79 Å². The fourth-order valence-electron chi connectivity index (χ4n) is 1.21. The lowest BCUT2D eigenvalue weighted by Crippen LogP contribution is -2.42. The zero-order valence-corrected chi connectivity index (χ0v) is 14.1. The highest BCUT2D eigenvalue weighted by molar-refractivity contribution is 6.75. The standard InChI is InChI=1S/C15H23NO3Si/c1-12(17)18-16-14(13-10-8-7-9-11-13)19-20(5,6)15(2,3)4/h7-11H,1-6H3/b16-14-. The predicted octanol–water partition coefficient (Wildman–Crippen LogP) is 3.93. The summed E-state index contributed by atoms with van der Waals surface area (Å²) in [6.07, 6.45) is 0. The van der Waals surface area contributed by atoms with E-state index in [1.807, 2.05) is 30.3 Å². The minimum absolute atomic E-state index is 0.0405. The normalized spacial score (nSPS) is 13.0. The molecule has 0 atom stereocenters. The molecule has 0 spiro atoms. The largest absolute Gasteiger partial charge is 0.528 e. The molecular weight excluding hydrogens is 270 g/mol. The van der Waals surface area contributed by atoms with Crippen LogP contribution in [-0.4, -0.2) is 20.2 Å². The van der Waals surface area contributed by atoms with E-state index >= 15 is 0 Å². The van der Waals surface area contributed by atoms with Crippen LogP contribution >= 0.6 is 0 Å². The summed E-state index contributed by atoms with van der Waals surface area (Å²) in [5.41, 5.74) is 0.804. The van der Waals surface area contributed by atoms with E-state index in [1.54, 1.807) is 0 Å². The van der Waals surface area contributed by atoms with E-state index in [4.69, 9.17) is 9.26 Å². The van der Waals surface area contributed by atoms with Crippen LogP contribution in [0.5, 0.6) is 0 Å². The number of hydrogen-bond acceptors (Lipinski definition) is 4. The van der Waals surface area contributed by atoms with Crippen molar-refractivity contribution in [1.29, 1.82) is 0 Å². The summed E-state index contributed by atoms with van der Waals surface area (Å²) in [4.78, 5) is 15.7. The van der Waals surface area contributed by atoms with Gasteiger partial charge in [0.1, 0.15) is 0 Å². The van der Waals surface area contributed by atoms with E-state index in [-0.39, 0.29) is 5.04 Å². The molecule has 0 fully saturated rings. The van der Waals surface area contributed by atoms with Gasteiger partial charge in [0.15, 0.2) is 0 Å². The van der Waals surface area contributed by atoms with Gasteiger partial charge in [0, 0.05) is 12.5 Å². The second-order valence-electron chi connectivity index (χ2n) is 6.21. The zero-order valence-electron chi connectivity index (χ0n) is 13.1. The van der Waals surface area contributed by atoms with E-state index in [0.29, 0.717) is 5.90 Å². The fraction of sp³-hybridized carbons (Fsp3) is 0.467. The number of oxime groups is 1. The lowest BCUT2D eigenvalue weighted by atomic mass is 10.2. The summed E-state index contributed by atoms with van der Waals surface area (Å²) < 4.78 is 6.15. The van der Waals surface area contributed by atoms with Crippen LogP contribution in [0, 0.1) is 0 Å². The van der Waals surface area contributed by atoms with Crippen LogP contribution in [0.2, 0.25) is 18.1 Å². The Morgan fingerprint density at radius 3 is 2.15 bits per heavy atom. The molecule has 5 heteroatoms. The molecule has 0 bridgehead atoms. The summed E-state index contributed by atoms with van der Waals surface area (Å²) in [7, 11) is -2.04. The number of carbonyl (C=O) groups is 1. The van der Waals surface area contributed by atoms with Gasteiger partial charge >= 0.3 is 5.97 Å². The molecule has 0 radical (unpaired) electrons. The lowest BCUT2D eigenvalue weighted by molar-refractivity contribution is -0.141. The molecule has 0 aromatic heterocycles. The Hall–Kier alpha value is -1.62. The highest BCUT2D eigenvalue weighted by Gasteiger charge is 2.40. The van der Waals surface area contributed by atoms with Gasteiger partial charge < -0.3 is 9.26 Å². The summed E-state index contributed by atoms with van der Waals surface area (Å²) >= 11 is 0. The maximum Gasteiger partial charge on any atom is 0.332 e. The fourth-order valence-corrected chi connectivity index (χ4v) is 2.16. The molecule has 0 amide bonds. The predicted molar refractivity (Wildman–Crippen MR) is 83.0 cm³/mol. The molecule has 0 saturated heterocycles. The van der Waals surface area contributed by atoms with E-state index in [2.05, 4.69) is 39.0 Å².